The summed E-state index contributed by atoms with van der Waals surface area (Å²) in [4.78, 5) is 0. The molecule has 3 heteroatoms. The maximum atomic E-state index is 3.25. The molecule has 0 aromatic heterocycles. The maximum absolute atomic E-state index is 3.25. The summed E-state index contributed by atoms with van der Waals surface area (Å²) in [5, 5.41) is 3.25. The largest absolute Gasteiger partial charge is 0.348 e. The molecule has 64 valence electrons. The van der Waals surface area contributed by atoms with E-state index in [1.165, 1.54) is 18.0 Å². The zero-order valence-electron chi connectivity index (χ0n) is 6.86. The van der Waals surface area contributed by atoms with Gasteiger partial charge in [0.05, 0.1) is 0 Å². The molecular weight excluding hydrogens is 168 g/mol. The Balaban J connectivity index is 2.06. The monoisotopic (exact) mass is 180 g/mol. The van der Waals surface area contributed by atoms with Gasteiger partial charge < -0.3 is 9.62 Å². The number of hydrogen-bond donors (Lipinski definition) is 1. The minimum Gasteiger partial charge on any atom is -0.348 e. The molecule has 2 heterocycles. The van der Waals surface area contributed by atoms with Gasteiger partial charge in [-0.1, -0.05) is 12.2 Å². The van der Waals surface area contributed by atoms with Crippen LogP contribution in [0.2, 0.25) is 0 Å². The first-order valence-electron chi connectivity index (χ1n) is 4.17. The van der Waals surface area contributed by atoms with Crippen LogP contribution in [0.1, 0.15) is 6.42 Å². The molecule has 0 saturated carbocycles. The molecule has 2 aliphatic heterocycles. The fourth-order valence-electron chi connectivity index (χ4n) is 1.24. The quantitative estimate of drug-likeness (QED) is 0.620. The van der Waals surface area contributed by atoms with E-state index in [1.54, 1.807) is 0 Å². The number of rotatable bonds is 1. The van der Waals surface area contributed by atoms with Crippen molar-refractivity contribution in [1.82, 2.24) is 9.62 Å². The fraction of sp³-hybridized carbons (Fsp3) is 0.333. The van der Waals surface area contributed by atoms with Crippen molar-refractivity contribution in [3.8, 4) is 0 Å². The summed E-state index contributed by atoms with van der Waals surface area (Å²) in [7, 11) is 0. The molecule has 0 aromatic rings. The summed E-state index contributed by atoms with van der Waals surface area (Å²) >= 11 is 1.89. The van der Waals surface area contributed by atoms with Crippen LogP contribution in [0.5, 0.6) is 0 Å². The third-order valence-electron chi connectivity index (χ3n) is 1.83. The van der Waals surface area contributed by atoms with Crippen LogP contribution in [0.4, 0.5) is 0 Å². The van der Waals surface area contributed by atoms with E-state index in [0.717, 1.165) is 6.54 Å². The summed E-state index contributed by atoms with van der Waals surface area (Å²) in [6.07, 6.45) is 11.5. The van der Waals surface area contributed by atoms with Gasteiger partial charge in [0.25, 0.3) is 0 Å². The number of hydrogen-bond acceptors (Lipinski definition) is 3. The van der Waals surface area contributed by atoms with Gasteiger partial charge in [0.2, 0.25) is 0 Å². The molecule has 1 saturated heterocycles. The highest BCUT2D eigenvalue weighted by Crippen LogP contribution is 2.24. The lowest BCUT2D eigenvalue weighted by Gasteiger charge is -2.18. The average Bonchev–Trinajstić information content (AvgIpc) is 2.48. The lowest BCUT2D eigenvalue weighted by atomic mass is 10.4. The normalized spacial score (nSPS) is 22.0. The van der Waals surface area contributed by atoms with Gasteiger partial charge in [-0.25, -0.2) is 0 Å². The zero-order chi connectivity index (χ0) is 8.23. The molecule has 2 rings (SSSR count). The first kappa shape index (κ1) is 7.80. The third-order valence-corrected chi connectivity index (χ3v) is 2.99. The second kappa shape index (κ2) is 3.72. The van der Waals surface area contributed by atoms with Crippen LogP contribution >= 0.6 is 11.9 Å². The molecule has 0 atom stereocenters. The molecule has 2 aliphatic rings. The number of allylic oxidation sites excluding steroid dienone is 4. The van der Waals surface area contributed by atoms with Crippen molar-refractivity contribution in [3.63, 3.8) is 0 Å². The first-order chi connectivity index (χ1) is 5.97. The van der Waals surface area contributed by atoms with E-state index < -0.39 is 0 Å². The topological polar surface area (TPSA) is 15.3 Å². The third kappa shape index (κ3) is 1.67. The van der Waals surface area contributed by atoms with E-state index in [1.807, 2.05) is 30.3 Å². The average molecular weight is 180 g/mol. The van der Waals surface area contributed by atoms with Gasteiger partial charge in [-0.05, 0) is 30.5 Å². The van der Waals surface area contributed by atoms with E-state index in [-0.39, 0.29) is 0 Å². The summed E-state index contributed by atoms with van der Waals surface area (Å²) in [6.45, 7) is 1.16. The zero-order valence-corrected chi connectivity index (χ0v) is 7.68. The van der Waals surface area contributed by atoms with E-state index in [9.17, 15) is 0 Å². The molecule has 2 nitrogen and oxygen atoms in total. The van der Waals surface area contributed by atoms with Crippen molar-refractivity contribution < 1.29 is 0 Å². The Hall–Kier alpha value is -0.830. The first-order valence-corrected chi connectivity index (χ1v) is 5.11. The minimum absolute atomic E-state index is 1.16. The molecule has 0 amide bonds. The van der Waals surface area contributed by atoms with Gasteiger partial charge in [-0.2, -0.15) is 0 Å². The van der Waals surface area contributed by atoms with Crippen LogP contribution in [-0.4, -0.2) is 16.6 Å². The van der Waals surface area contributed by atoms with Crippen LogP contribution in [0.15, 0.2) is 36.3 Å². The molecule has 1 fully saturated rings. The Bertz CT molecular complexity index is 237. The Labute approximate surface area is 77.1 Å². The van der Waals surface area contributed by atoms with Crippen molar-refractivity contribution in [1.29, 1.82) is 0 Å². The Morgan fingerprint density at radius 2 is 2.33 bits per heavy atom. The molecule has 0 aromatic carbocycles. The second-order valence-corrected chi connectivity index (χ2v) is 3.84. The lowest BCUT2D eigenvalue weighted by molar-refractivity contribution is 0.567. The molecule has 1 N–H and O–H groups in total. The lowest BCUT2D eigenvalue weighted by Crippen LogP contribution is -2.20. The van der Waals surface area contributed by atoms with Gasteiger partial charge in [0.15, 0.2) is 0 Å². The van der Waals surface area contributed by atoms with E-state index in [4.69, 9.17) is 0 Å². The van der Waals surface area contributed by atoms with Crippen molar-refractivity contribution in [2.45, 2.75) is 6.42 Å². The van der Waals surface area contributed by atoms with Gasteiger partial charge >= 0.3 is 0 Å². The van der Waals surface area contributed by atoms with Crippen LogP contribution in [0, 0.1) is 0 Å². The van der Waals surface area contributed by atoms with Crippen LogP contribution in [0.25, 0.3) is 0 Å². The fourth-order valence-corrected chi connectivity index (χ4v) is 2.23. The molecule has 0 bridgehead atoms. The number of nitrogens with one attached hydrogen (secondary N) is 1. The molecular formula is C9H12N2S. The summed E-state index contributed by atoms with van der Waals surface area (Å²) in [5.41, 5.74) is 0. The van der Waals surface area contributed by atoms with Crippen LogP contribution in [-0.2, 0) is 0 Å². The van der Waals surface area contributed by atoms with Crippen molar-refractivity contribution in [2.75, 3.05) is 12.3 Å². The van der Waals surface area contributed by atoms with E-state index in [0.29, 0.717) is 0 Å². The maximum Gasteiger partial charge on any atom is 0.115 e. The molecule has 0 radical (unpaired) electrons. The summed E-state index contributed by atoms with van der Waals surface area (Å²) < 4.78 is 2.31. The highest BCUT2D eigenvalue weighted by molar-refractivity contribution is 7.97. The minimum atomic E-state index is 1.16. The Morgan fingerprint density at radius 3 is 3.17 bits per heavy atom. The van der Waals surface area contributed by atoms with Gasteiger partial charge in [0.1, 0.15) is 5.82 Å². The highest BCUT2D eigenvalue weighted by Gasteiger charge is 2.14. The van der Waals surface area contributed by atoms with Crippen molar-refractivity contribution in [2.24, 2.45) is 0 Å². The molecule has 0 unspecified atom stereocenters. The smallest absolute Gasteiger partial charge is 0.115 e. The van der Waals surface area contributed by atoms with Crippen LogP contribution < -0.4 is 5.32 Å². The van der Waals surface area contributed by atoms with E-state index in [2.05, 4.69) is 21.8 Å². The molecule has 12 heavy (non-hydrogen) atoms. The van der Waals surface area contributed by atoms with Gasteiger partial charge in [-0.15, -0.1) is 0 Å². The van der Waals surface area contributed by atoms with E-state index >= 15 is 0 Å². The SMILES string of the molecule is C1=CC=C(N2CCCS2)NC=C1. The number of nitrogens with zero attached hydrogens (tertiary/aromatic N) is 1. The van der Waals surface area contributed by atoms with Crippen molar-refractivity contribution in [3.05, 3.63) is 36.3 Å². The standard InChI is InChI=1S/C9H12N2S/c1-2-5-9(10-6-3-1)11-7-4-8-12-11/h1-3,5-6,10H,4,7-8H2. The highest BCUT2D eigenvalue weighted by atomic mass is 32.2. The van der Waals surface area contributed by atoms with Gasteiger partial charge in [-0.3, -0.25) is 0 Å². The summed E-state index contributed by atoms with van der Waals surface area (Å²) in [5.74, 6) is 2.44. The molecule has 0 spiro atoms. The second-order valence-electron chi connectivity index (χ2n) is 2.73. The van der Waals surface area contributed by atoms with Gasteiger partial charge in [0, 0.05) is 18.5 Å². The van der Waals surface area contributed by atoms with Crippen LogP contribution in [0.3, 0.4) is 0 Å². The molecule has 0 aliphatic carbocycles. The Kier molecular flexibility index (Phi) is 2.42. The Morgan fingerprint density at radius 1 is 1.33 bits per heavy atom. The predicted octanol–water partition coefficient (Wildman–Crippen LogP) is 1.85. The summed E-state index contributed by atoms with van der Waals surface area (Å²) in [6, 6.07) is 0. The van der Waals surface area contributed by atoms with Crippen molar-refractivity contribution >= 4 is 11.9 Å². The predicted molar refractivity (Wildman–Crippen MR) is 53.3 cm³/mol.